The summed E-state index contributed by atoms with van der Waals surface area (Å²) in [4.78, 5) is 13.9. The Morgan fingerprint density at radius 2 is 2.00 bits per heavy atom. The lowest BCUT2D eigenvalue weighted by atomic mass is 10.1. The highest BCUT2D eigenvalue weighted by molar-refractivity contribution is 5.94. The Morgan fingerprint density at radius 1 is 1.19 bits per heavy atom. The number of pyridine rings is 2. The summed E-state index contributed by atoms with van der Waals surface area (Å²) < 4.78 is 19.9. The van der Waals surface area contributed by atoms with Crippen LogP contribution in [0.15, 0.2) is 30.6 Å². The SMILES string of the molecule is COc1cc(-c2cc3c(N4CC5CCC(C4)N5)c(F)cnc3[nH]2)ccn1. The van der Waals surface area contributed by atoms with Crippen LogP contribution >= 0.6 is 0 Å². The molecule has 0 amide bonds. The van der Waals surface area contributed by atoms with Crippen LogP contribution in [-0.2, 0) is 0 Å². The van der Waals surface area contributed by atoms with E-state index < -0.39 is 0 Å². The van der Waals surface area contributed by atoms with Crippen LogP contribution in [0.4, 0.5) is 10.1 Å². The van der Waals surface area contributed by atoms with Gasteiger partial charge in [-0.1, -0.05) is 0 Å². The first kappa shape index (κ1) is 15.6. The van der Waals surface area contributed by atoms with E-state index in [2.05, 4.69) is 25.2 Å². The standard InChI is InChI=1S/C19H20FN5O/c1-26-17-6-11(4-5-21-17)16-7-14-18(15(20)8-22-19(14)24-16)25-9-12-2-3-13(10-25)23-12/h4-8,12-13,23H,2-3,9-10H2,1H3,(H,22,24). The van der Waals surface area contributed by atoms with Crippen LogP contribution in [0.2, 0.25) is 0 Å². The third-order valence-corrected chi connectivity index (χ3v) is 5.37. The first-order valence-electron chi connectivity index (χ1n) is 8.90. The Balaban J connectivity index is 1.60. The topological polar surface area (TPSA) is 66.1 Å². The summed E-state index contributed by atoms with van der Waals surface area (Å²) in [5.74, 6) is 0.274. The maximum Gasteiger partial charge on any atom is 0.213 e. The fourth-order valence-corrected chi connectivity index (χ4v) is 4.18. The molecule has 0 saturated carbocycles. The number of piperazine rings is 1. The summed E-state index contributed by atoms with van der Waals surface area (Å²) in [6, 6.07) is 6.61. The second-order valence-corrected chi connectivity index (χ2v) is 7.03. The van der Waals surface area contributed by atoms with Gasteiger partial charge in [0.05, 0.1) is 19.0 Å². The van der Waals surface area contributed by atoms with Crippen molar-refractivity contribution in [1.29, 1.82) is 0 Å². The first-order valence-corrected chi connectivity index (χ1v) is 8.90. The summed E-state index contributed by atoms with van der Waals surface area (Å²) in [5.41, 5.74) is 3.15. The van der Waals surface area contributed by atoms with Gasteiger partial charge in [-0.25, -0.2) is 14.4 Å². The van der Waals surface area contributed by atoms with E-state index in [0.29, 0.717) is 29.3 Å². The average molecular weight is 353 g/mol. The average Bonchev–Trinajstić information content (AvgIpc) is 3.24. The van der Waals surface area contributed by atoms with Crippen molar-refractivity contribution in [3.8, 4) is 17.1 Å². The van der Waals surface area contributed by atoms with E-state index in [9.17, 15) is 4.39 Å². The Bertz CT molecular complexity index is 960. The lowest BCUT2D eigenvalue weighted by Gasteiger charge is -2.35. The van der Waals surface area contributed by atoms with Gasteiger partial charge in [0.15, 0.2) is 5.82 Å². The molecular weight excluding hydrogens is 333 g/mol. The zero-order chi connectivity index (χ0) is 17.7. The third kappa shape index (κ3) is 2.50. The van der Waals surface area contributed by atoms with Crippen molar-refractivity contribution < 1.29 is 9.13 Å². The number of halogens is 1. The van der Waals surface area contributed by atoms with Gasteiger partial charge in [0.2, 0.25) is 5.88 Å². The van der Waals surface area contributed by atoms with Gasteiger partial charge in [-0.05, 0) is 25.0 Å². The summed E-state index contributed by atoms with van der Waals surface area (Å²) in [6.45, 7) is 1.66. The predicted molar refractivity (Wildman–Crippen MR) is 98.0 cm³/mol. The van der Waals surface area contributed by atoms with E-state index in [-0.39, 0.29) is 5.82 Å². The number of fused-ring (bicyclic) bond motifs is 3. The third-order valence-electron chi connectivity index (χ3n) is 5.37. The summed E-state index contributed by atoms with van der Waals surface area (Å²) in [6.07, 6.45) is 5.33. The van der Waals surface area contributed by atoms with Gasteiger partial charge in [-0.2, -0.15) is 0 Å². The van der Waals surface area contributed by atoms with Gasteiger partial charge in [-0.3, -0.25) is 0 Å². The van der Waals surface area contributed by atoms with Crippen molar-refractivity contribution in [3.05, 3.63) is 36.4 Å². The molecule has 26 heavy (non-hydrogen) atoms. The van der Waals surface area contributed by atoms with Crippen molar-refractivity contribution in [2.24, 2.45) is 0 Å². The summed E-state index contributed by atoms with van der Waals surface area (Å²) in [5, 5.41) is 4.41. The Hall–Kier alpha value is -2.67. The molecule has 0 radical (unpaired) electrons. The highest BCUT2D eigenvalue weighted by Crippen LogP contribution is 2.35. The second-order valence-electron chi connectivity index (χ2n) is 7.03. The minimum Gasteiger partial charge on any atom is -0.481 e. The molecular formula is C19H20FN5O. The van der Waals surface area contributed by atoms with Gasteiger partial charge in [0, 0.05) is 54.1 Å². The van der Waals surface area contributed by atoms with Gasteiger partial charge in [-0.15, -0.1) is 0 Å². The number of nitrogens with zero attached hydrogens (tertiary/aromatic N) is 3. The maximum atomic E-state index is 14.7. The molecule has 134 valence electrons. The first-order chi connectivity index (χ1) is 12.7. The number of aromatic amines is 1. The van der Waals surface area contributed by atoms with E-state index in [1.165, 1.54) is 6.20 Å². The zero-order valence-electron chi connectivity index (χ0n) is 14.5. The van der Waals surface area contributed by atoms with E-state index in [4.69, 9.17) is 4.74 Å². The molecule has 0 aliphatic carbocycles. The van der Waals surface area contributed by atoms with Crippen LogP contribution in [0.25, 0.3) is 22.3 Å². The van der Waals surface area contributed by atoms with E-state index >= 15 is 0 Å². The molecule has 5 rings (SSSR count). The van der Waals surface area contributed by atoms with E-state index in [0.717, 1.165) is 42.6 Å². The number of hydrogen-bond donors (Lipinski definition) is 2. The highest BCUT2D eigenvalue weighted by Gasteiger charge is 2.34. The molecule has 0 aromatic carbocycles. The van der Waals surface area contributed by atoms with Crippen LogP contribution in [0.1, 0.15) is 12.8 Å². The molecule has 2 bridgehead atoms. The smallest absolute Gasteiger partial charge is 0.213 e. The Labute approximate surface area is 150 Å². The number of rotatable bonds is 3. The minimum absolute atomic E-state index is 0.267. The number of anilines is 1. The fraction of sp³-hybridized carbons (Fsp3) is 0.368. The van der Waals surface area contributed by atoms with Gasteiger partial charge < -0.3 is 19.9 Å². The quantitative estimate of drug-likeness (QED) is 0.758. The molecule has 0 spiro atoms. The molecule has 2 fully saturated rings. The number of ether oxygens (including phenoxy) is 1. The van der Waals surface area contributed by atoms with Gasteiger partial charge in [0.1, 0.15) is 5.65 Å². The maximum absolute atomic E-state index is 14.7. The number of methoxy groups -OCH3 is 1. The van der Waals surface area contributed by atoms with Crippen molar-refractivity contribution in [2.75, 3.05) is 25.1 Å². The molecule has 2 atom stereocenters. The van der Waals surface area contributed by atoms with Crippen molar-refractivity contribution in [3.63, 3.8) is 0 Å². The zero-order valence-corrected chi connectivity index (χ0v) is 14.5. The molecule has 5 heterocycles. The molecule has 2 aliphatic rings. The van der Waals surface area contributed by atoms with E-state index in [1.807, 2.05) is 18.2 Å². The number of aromatic nitrogens is 3. The lowest BCUT2D eigenvalue weighted by molar-refractivity contribution is 0.398. The molecule has 2 saturated heterocycles. The van der Waals surface area contributed by atoms with E-state index in [1.54, 1.807) is 13.3 Å². The molecule has 6 nitrogen and oxygen atoms in total. The van der Waals surface area contributed by atoms with Crippen LogP contribution in [0.3, 0.4) is 0 Å². The van der Waals surface area contributed by atoms with Crippen LogP contribution in [0.5, 0.6) is 5.88 Å². The van der Waals surface area contributed by atoms with Crippen molar-refractivity contribution >= 4 is 16.7 Å². The fourth-order valence-electron chi connectivity index (χ4n) is 4.18. The lowest BCUT2D eigenvalue weighted by Crippen LogP contribution is -2.51. The molecule has 2 aliphatic heterocycles. The Kier molecular flexibility index (Phi) is 3.56. The monoisotopic (exact) mass is 353 g/mol. The summed E-state index contributed by atoms with van der Waals surface area (Å²) >= 11 is 0. The Morgan fingerprint density at radius 3 is 2.77 bits per heavy atom. The number of hydrogen-bond acceptors (Lipinski definition) is 5. The normalized spacial score (nSPS) is 22.2. The number of H-pyrrole nitrogens is 1. The van der Waals surface area contributed by atoms with Crippen LogP contribution in [-0.4, -0.2) is 47.2 Å². The molecule has 3 aromatic rings. The summed E-state index contributed by atoms with van der Waals surface area (Å²) in [7, 11) is 1.59. The number of nitrogens with one attached hydrogen (secondary N) is 2. The molecule has 2 unspecified atom stereocenters. The molecule has 7 heteroatoms. The van der Waals surface area contributed by atoms with Gasteiger partial charge in [0.25, 0.3) is 0 Å². The molecule has 3 aromatic heterocycles. The van der Waals surface area contributed by atoms with Gasteiger partial charge >= 0.3 is 0 Å². The minimum atomic E-state index is -0.267. The van der Waals surface area contributed by atoms with Crippen molar-refractivity contribution in [2.45, 2.75) is 24.9 Å². The van der Waals surface area contributed by atoms with Crippen LogP contribution < -0.4 is 15.0 Å². The van der Waals surface area contributed by atoms with Crippen molar-refractivity contribution in [1.82, 2.24) is 20.3 Å². The largest absolute Gasteiger partial charge is 0.481 e. The molecule has 2 N–H and O–H groups in total. The van der Waals surface area contributed by atoms with Crippen LogP contribution in [0, 0.1) is 5.82 Å². The highest BCUT2D eigenvalue weighted by atomic mass is 19.1. The predicted octanol–water partition coefficient (Wildman–Crippen LogP) is 2.71. The second kappa shape index (κ2) is 5.95.